The number of nitrogens with one attached hydrogen (secondary N) is 1. The van der Waals surface area contributed by atoms with E-state index >= 15 is 0 Å². The Morgan fingerprint density at radius 1 is 1.33 bits per heavy atom. The zero-order chi connectivity index (χ0) is 27.8. The van der Waals surface area contributed by atoms with Gasteiger partial charge in [-0.15, -0.1) is 6.58 Å². The van der Waals surface area contributed by atoms with Crippen LogP contribution in [0.2, 0.25) is 0 Å². The standard InChI is InChI=1S/C31H43FN4O3/c1-4-5-10-22-19-26(29(39-3)27(32)20-22)28(31(37)38)36-18-15-25(21-36)35(2)17-8-6-7-12-24-14-13-23-11-9-16-33-30(23)34-24/h4,13-14,19-20,25,28H,1,5-12,15-18,21H2,2-3H3,(H,33,34)(H,37,38)/t25-,28?/m1/s1. The van der Waals surface area contributed by atoms with Crippen LogP contribution < -0.4 is 10.1 Å². The highest BCUT2D eigenvalue weighted by atomic mass is 19.1. The largest absolute Gasteiger partial charge is 0.493 e. The lowest BCUT2D eigenvalue weighted by molar-refractivity contribution is -0.143. The number of nitrogens with zero attached hydrogens (tertiary/aromatic N) is 3. The first-order chi connectivity index (χ1) is 18.9. The third-order valence-corrected chi connectivity index (χ3v) is 8.08. The first-order valence-corrected chi connectivity index (χ1v) is 14.3. The summed E-state index contributed by atoms with van der Waals surface area (Å²) in [5, 5.41) is 13.6. The molecule has 2 atom stereocenters. The van der Waals surface area contributed by atoms with Crippen molar-refractivity contribution in [1.82, 2.24) is 14.8 Å². The quantitative estimate of drug-likeness (QED) is 0.251. The Morgan fingerprint density at radius 2 is 2.18 bits per heavy atom. The SMILES string of the molecule is C=CCCc1cc(F)c(OC)c(C(C(=O)O)N2CC[C@@H](N(C)CCCCCc3ccc4c(n3)NCCC4)C2)c1. The van der Waals surface area contributed by atoms with Crippen LogP contribution in [0.25, 0.3) is 0 Å². The van der Waals surface area contributed by atoms with Crippen LogP contribution in [0.1, 0.15) is 67.0 Å². The van der Waals surface area contributed by atoms with Gasteiger partial charge in [-0.05, 0) is 94.3 Å². The highest BCUT2D eigenvalue weighted by molar-refractivity contribution is 5.77. The van der Waals surface area contributed by atoms with Crippen LogP contribution in [0.5, 0.6) is 5.75 Å². The Balaban J connectivity index is 1.29. The molecule has 1 saturated heterocycles. The number of aryl methyl sites for hydroxylation is 3. The number of pyridine rings is 1. The maximum Gasteiger partial charge on any atom is 0.325 e. The molecule has 4 rings (SSSR count). The Hall–Kier alpha value is -2.97. The van der Waals surface area contributed by atoms with Gasteiger partial charge in [-0.3, -0.25) is 9.69 Å². The number of benzene rings is 1. The second-order valence-electron chi connectivity index (χ2n) is 10.8. The number of likely N-dealkylation sites (N-methyl/N-ethyl adjacent to an activating group) is 1. The smallest absolute Gasteiger partial charge is 0.325 e. The van der Waals surface area contributed by atoms with Crippen molar-refractivity contribution in [1.29, 1.82) is 0 Å². The topological polar surface area (TPSA) is 77.9 Å². The molecule has 2 aliphatic rings. The lowest BCUT2D eigenvalue weighted by Crippen LogP contribution is -2.38. The van der Waals surface area contributed by atoms with Gasteiger partial charge in [0, 0.05) is 36.9 Å². The van der Waals surface area contributed by atoms with Gasteiger partial charge < -0.3 is 20.1 Å². The van der Waals surface area contributed by atoms with Crippen molar-refractivity contribution in [2.75, 3.05) is 45.7 Å². The van der Waals surface area contributed by atoms with Gasteiger partial charge >= 0.3 is 5.97 Å². The van der Waals surface area contributed by atoms with Gasteiger partial charge in [0.25, 0.3) is 0 Å². The number of likely N-dealkylation sites (tertiary alicyclic amines) is 1. The van der Waals surface area contributed by atoms with Crippen LogP contribution in [0.15, 0.2) is 36.9 Å². The number of anilines is 1. The molecule has 0 spiro atoms. The van der Waals surface area contributed by atoms with E-state index in [-0.39, 0.29) is 11.8 Å². The van der Waals surface area contributed by atoms with Gasteiger partial charge in [-0.25, -0.2) is 9.37 Å². The van der Waals surface area contributed by atoms with Crippen LogP contribution in [-0.2, 0) is 24.1 Å². The zero-order valence-electron chi connectivity index (χ0n) is 23.4. The minimum atomic E-state index is -0.983. The summed E-state index contributed by atoms with van der Waals surface area (Å²) in [6.45, 7) is 6.98. The lowest BCUT2D eigenvalue weighted by atomic mass is 9.98. The molecule has 0 saturated carbocycles. The van der Waals surface area contributed by atoms with Gasteiger partial charge in [-0.2, -0.15) is 0 Å². The number of hydrogen-bond acceptors (Lipinski definition) is 6. The van der Waals surface area contributed by atoms with E-state index in [0.717, 1.165) is 68.7 Å². The van der Waals surface area contributed by atoms with E-state index in [1.54, 1.807) is 12.1 Å². The van der Waals surface area contributed by atoms with E-state index in [1.165, 1.54) is 25.2 Å². The molecule has 3 heterocycles. The summed E-state index contributed by atoms with van der Waals surface area (Å²) in [6.07, 6.45) is 10.5. The fraction of sp³-hybridized carbons (Fsp3) is 0.548. The summed E-state index contributed by atoms with van der Waals surface area (Å²) in [4.78, 5) is 21.5. The molecule has 2 aliphatic heterocycles. The number of carboxylic acid groups (broad SMARTS) is 1. The molecule has 0 bridgehead atoms. The highest BCUT2D eigenvalue weighted by Crippen LogP contribution is 2.36. The molecule has 1 aromatic heterocycles. The molecule has 0 aliphatic carbocycles. The zero-order valence-corrected chi connectivity index (χ0v) is 23.4. The van der Waals surface area contributed by atoms with Crippen molar-refractivity contribution in [3.8, 4) is 5.75 Å². The van der Waals surface area contributed by atoms with Crippen molar-refractivity contribution in [2.45, 2.75) is 69.9 Å². The predicted molar refractivity (Wildman–Crippen MR) is 153 cm³/mol. The predicted octanol–water partition coefficient (Wildman–Crippen LogP) is 5.25. The van der Waals surface area contributed by atoms with Crippen LogP contribution in [-0.4, -0.2) is 72.2 Å². The van der Waals surface area contributed by atoms with Gasteiger partial charge in [0.1, 0.15) is 11.9 Å². The number of ether oxygens (including phenoxy) is 1. The van der Waals surface area contributed by atoms with E-state index in [9.17, 15) is 14.3 Å². The van der Waals surface area contributed by atoms with E-state index in [0.29, 0.717) is 31.5 Å². The minimum absolute atomic E-state index is 0.0192. The molecule has 2 aromatic rings. The van der Waals surface area contributed by atoms with Crippen molar-refractivity contribution >= 4 is 11.8 Å². The van der Waals surface area contributed by atoms with Gasteiger partial charge in [0.05, 0.1) is 7.11 Å². The maximum absolute atomic E-state index is 14.9. The van der Waals surface area contributed by atoms with Crippen LogP contribution in [0.3, 0.4) is 0 Å². The maximum atomic E-state index is 14.9. The third-order valence-electron chi connectivity index (χ3n) is 8.08. The molecule has 212 valence electrons. The lowest BCUT2D eigenvalue weighted by Gasteiger charge is -2.28. The molecular weight excluding hydrogens is 495 g/mol. The summed E-state index contributed by atoms with van der Waals surface area (Å²) < 4.78 is 20.2. The molecule has 1 fully saturated rings. The number of halogens is 1. The Bertz CT molecular complexity index is 1140. The summed E-state index contributed by atoms with van der Waals surface area (Å²) >= 11 is 0. The third kappa shape index (κ3) is 7.37. The number of aliphatic carboxylic acids is 1. The molecular formula is C31H43FN4O3. The van der Waals surface area contributed by atoms with Crippen molar-refractivity contribution in [2.24, 2.45) is 0 Å². The molecule has 39 heavy (non-hydrogen) atoms. The second kappa shape index (κ2) is 13.9. The number of aromatic nitrogens is 1. The van der Waals surface area contributed by atoms with E-state index in [1.807, 2.05) is 4.90 Å². The second-order valence-corrected chi connectivity index (χ2v) is 10.8. The fourth-order valence-electron chi connectivity index (χ4n) is 5.89. The fourth-order valence-corrected chi connectivity index (χ4v) is 5.89. The molecule has 7 nitrogen and oxygen atoms in total. The summed E-state index contributed by atoms with van der Waals surface area (Å²) in [5.74, 6) is -0.420. The van der Waals surface area contributed by atoms with Crippen molar-refractivity contribution in [3.05, 3.63) is 65.1 Å². The minimum Gasteiger partial charge on any atom is -0.493 e. The number of unbranched alkanes of at least 4 members (excludes halogenated alkanes) is 2. The molecule has 8 heteroatoms. The van der Waals surface area contributed by atoms with Crippen molar-refractivity contribution < 1.29 is 19.0 Å². The monoisotopic (exact) mass is 538 g/mol. The molecule has 0 amide bonds. The number of hydrogen-bond donors (Lipinski definition) is 2. The molecule has 1 aromatic carbocycles. The number of allylic oxidation sites excluding steroid dienone is 1. The highest BCUT2D eigenvalue weighted by Gasteiger charge is 2.37. The Kier molecular flexibility index (Phi) is 10.3. The average molecular weight is 539 g/mol. The Labute approximate surface area is 232 Å². The average Bonchev–Trinajstić information content (AvgIpc) is 3.41. The number of rotatable bonds is 14. The number of carbonyl (C=O) groups is 1. The summed E-state index contributed by atoms with van der Waals surface area (Å²) in [7, 11) is 3.51. The van der Waals surface area contributed by atoms with Crippen LogP contribution in [0.4, 0.5) is 10.2 Å². The summed E-state index contributed by atoms with van der Waals surface area (Å²) in [5.41, 5.74) is 3.62. The number of carboxylic acids is 1. The number of fused-ring (bicyclic) bond motifs is 1. The van der Waals surface area contributed by atoms with Gasteiger partial charge in [0.2, 0.25) is 0 Å². The Morgan fingerprint density at radius 3 is 2.95 bits per heavy atom. The van der Waals surface area contributed by atoms with Crippen molar-refractivity contribution in [3.63, 3.8) is 0 Å². The first-order valence-electron chi connectivity index (χ1n) is 14.3. The number of methoxy groups -OCH3 is 1. The molecule has 1 unspecified atom stereocenters. The van der Waals surface area contributed by atoms with Crippen LogP contribution >= 0.6 is 0 Å². The van der Waals surface area contributed by atoms with E-state index in [2.05, 4.69) is 36.0 Å². The van der Waals surface area contributed by atoms with Crippen LogP contribution in [0, 0.1) is 5.82 Å². The molecule has 2 N–H and O–H groups in total. The van der Waals surface area contributed by atoms with E-state index < -0.39 is 17.8 Å². The summed E-state index contributed by atoms with van der Waals surface area (Å²) in [6, 6.07) is 6.92. The normalized spacial score (nSPS) is 18.0. The molecule has 0 radical (unpaired) electrons. The van der Waals surface area contributed by atoms with E-state index in [4.69, 9.17) is 9.72 Å². The first kappa shape index (κ1) is 29.0. The van der Waals surface area contributed by atoms with Gasteiger partial charge in [0.15, 0.2) is 11.6 Å². The van der Waals surface area contributed by atoms with Gasteiger partial charge in [-0.1, -0.05) is 18.6 Å².